The summed E-state index contributed by atoms with van der Waals surface area (Å²) in [6.45, 7) is 9.07. The Hall–Kier alpha value is -0.493. The van der Waals surface area contributed by atoms with Crippen LogP contribution in [0, 0.1) is 0 Å². The molecule has 6 heteroatoms. The fourth-order valence-corrected chi connectivity index (χ4v) is 2.92. The molecule has 0 aliphatic carbocycles. The lowest BCUT2D eigenvalue weighted by Gasteiger charge is -2.28. The van der Waals surface area contributed by atoms with Crippen molar-refractivity contribution in [3.05, 3.63) is 27.7 Å². The Bertz CT molecular complexity index is 464. The Kier molecular flexibility index (Phi) is 4.78. The van der Waals surface area contributed by atoms with Gasteiger partial charge in [0.15, 0.2) is 0 Å². The van der Waals surface area contributed by atoms with Crippen LogP contribution in [-0.2, 0) is 11.6 Å². The SMILES string of the molecule is C[Si](C)Oc1cc(Br)cc(C(F)(F)F)c1C(C)(C)C. The Morgan fingerprint density at radius 3 is 2.00 bits per heavy atom. The topological polar surface area (TPSA) is 9.23 Å². The van der Waals surface area contributed by atoms with E-state index < -0.39 is 26.2 Å². The first kappa shape index (κ1) is 16.6. The summed E-state index contributed by atoms with van der Waals surface area (Å²) in [5, 5.41) is 0. The van der Waals surface area contributed by atoms with Crippen LogP contribution in [0.2, 0.25) is 13.1 Å². The van der Waals surface area contributed by atoms with Gasteiger partial charge in [-0.2, -0.15) is 13.2 Å². The van der Waals surface area contributed by atoms with Gasteiger partial charge in [-0.25, -0.2) is 0 Å². The van der Waals surface area contributed by atoms with Crippen molar-refractivity contribution in [2.45, 2.75) is 45.5 Å². The molecular formula is C13H17BrF3OSi. The normalized spacial score (nSPS) is 12.9. The zero-order chi connectivity index (χ0) is 15.0. The minimum absolute atomic E-state index is 0.217. The van der Waals surface area contributed by atoms with E-state index in [0.29, 0.717) is 10.2 Å². The molecule has 0 atom stereocenters. The standard InChI is InChI=1S/C13H17BrF3OSi/c1-12(2,3)11-9(13(15,16)17)6-8(14)7-10(11)18-19(4)5/h6-7H,1-5H3. The van der Waals surface area contributed by atoms with Crippen LogP contribution in [0.15, 0.2) is 16.6 Å². The second-order valence-corrected chi connectivity index (χ2v) is 8.52. The number of halogens is 4. The lowest BCUT2D eigenvalue weighted by Crippen LogP contribution is -2.23. The lowest BCUT2D eigenvalue weighted by molar-refractivity contribution is -0.138. The summed E-state index contributed by atoms with van der Waals surface area (Å²) < 4.78 is 45.7. The van der Waals surface area contributed by atoms with E-state index in [9.17, 15) is 13.2 Å². The molecule has 0 saturated carbocycles. The molecule has 0 N–H and O–H groups in total. The molecule has 0 aliphatic rings. The fraction of sp³-hybridized carbons (Fsp3) is 0.538. The van der Waals surface area contributed by atoms with Gasteiger partial charge in [-0.1, -0.05) is 36.7 Å². The zero-order valence-electron chi connectivity index (χ0n) is 11.6. The minimum atomic E-state index is -4.39. The molecule has 0 fully saturated rings. The minimum Gasteiger partial charge on any atom is -0.542 e. The fourth-order valence-electron chi connectivity index (χ4n) is 1.88. The maximum Gasteiger partial charge on any atom is 0.416 e. The van der Waals surface area contributed by atoms with Gasteiger partial charge < -0.3 is 4.43 Å². The van der Waals surface area contributed by atoms with Crippen LogP contribution < -0.4 is 4.43 Å². The van der Waals surface area contributed by atoms with E-state index in [1.807, 2.05) is 13.1 Å². The summed E-state index contributed by atoms with van der Waals surface area (Å²) in [6.07, 6.45) is -4.39. The number of benzene rings is 1. The first-order valence-corrected chi connectivity index (χ1v) is 9.02. The van der Waals surface area contributed by atoms with Crippen molar-refractivity contribution < 1.29 is 17.6 Å². The van der Waals surface area contributed by atoms with Crippen LogP contribution in [0.3, 0.4) is 0 Å². The average molecular weight is 354 g/mol. The van der Waals surface area contributed by atoms with Crippen LogP contribution in [0.5, 0.6) is 5.75 Å². The molecular weight excluding hydrogens is 337 g/mol. The largest absolute Gasteiger partial charge is 0.542 e. The summed E-state index contributed by atoms with van der Waals surface area (Å²) in [6, 6.07) is 2.73. The number of alkyl halides is 3. The molecule has 0 saturated heterocycles. The summed E-state index contributed by atoms with van der Waals surface area (Å²) in [7, 11) is -1.13. The van der Waals surface area contributed by atoms with Crippen molar-refractivity contribution in [3.63, 3.8) is 0 Å². The van der Waals surface area contributed by atoms with E-state index in [-0.39, 0.29) is 5.56 Å². The average Bonchev–Trinajstić information content (AvgIpc) is 2.11. The monoisotopic (exact) mass is 353 g/mol. The molecule has 0 spiro atoms. The lowest BCUT2D eigenvalue weighted by atomic mass is 9.83. The van der Waals surface area contributed by atoms with Crippen LogP contribution in [-0.4, -0.2) is 9.04 Å². The maximum atomic E-state index is 13.2. The molecule has 1 radical (unpaired) electrons. The maximum absolute atomic E-state index is 13.2. The first-order valence-electron chi connectivity index (χ1n) is 5.82. The predicted octanol–water partition coefficient (Wildman–Crippen LogP) is 5.40. The second-order valence-electron chi connectivity index (χ2n) is 5.58. The molecule has 0 amide bonds. The van der Waals surface area contributed by atoms with Gasteiger partial charge in [0.25, 0.3) is 9.04 Å². The van der Waals surface area contributed by atoms with Crippen molar-refractivity contribution in [2.24, 2.45) is 0 Å². The number of hydrogen-bond donors (Lipinski definition) is 0. The van der Waals surface area contributed by atoms with Crippen LogP contribution in [0.25, 0.3) is 0 Å². The van der Waals surface area contributed by atoms with Crippen molar-refractivity contribution in [2.75, 3.05) is 0 Å². The quantitative estimate of drug-likeness (QED) is 0.647. The van der Waals surface area contributed by atoms with Crippen molar-refractivity contribution in [3.8, 4) is 5.75 Å². The van der Waals surface area contributed by atoms with E-state index in [4.69, 9.17) is 4.43 Å². The molecule has 0 unspecified atom stereocenters. The molecule has 0 aliphatic heterocycles. The molecule has 0 bridgehead atoms. The summed E-state index contributed by atoms with van der Waals surface area (Å²) >= 11 is 3.13. The third kappa shape index (κ3) is 4.24. The molecule has 1 aromatic carbocycles. The van der Waals surface area contributed by atoms with Gasteiger partial charge in [-0.05, 0) is 30.6 Å². The summed E-state index contributed by atoms with van der Waals surface area (Å²) in [5.74, 6) is 0.327. The van der Waals surface area contributed by atoms with Crippen LogP contribution >= 0.6 is 15.9 Å². The number of hydrogen-bond acceptors (Lipinski definition) is 1. The van der Waals surface area contributed by atoms with Gasteiger partial charge in [0.1, 0.15) is 5.75 Å². The van der Waals surface area contributed by atoms with E-state index in [1.54, 1.807) is 26.8 Å². The summed E-state index contributed by atoms with van der Waals surface area (Å²) in [4.78, 5) is 0. The van der Waals surface area contributed by atoms with Crippen molar-refractivity contribution >= 4 is 25.0 Å². The van der Waals surface area contributed by atoms with E-state index in [2.05, 4.69) is 15.9 Å². The Morgan fingerprint density at radius 2 is 1.63 bits per heavy atom. The second kappa shape index (κ2) is 5.48. The van der Waals surface area contributed by atoms with E-state index in [1.165, 1.54) is 0 Å². The highest BCUT2D eigenvalue weighted by molar-refractivity contribution is 9.10. The first-order chi connectivity index (χ1) is 8.43. The molecule has 1 aromatic rings. The van der Waals surface area contributed by atoms with E-state index in [0.717, 1.165) is 6.07 Å². The highest BCUT2D eigenvalue weighted by Crippen LogP contribution is 2.44. The van der Waals surface area contributed by atoms with Gasteiger partial charge in [0.2, 0.25) is 0 Å². The van der Waals surface area contributed by atoms with Gasteiger partial charge >= 0.3 is 6.18 Å². The third-order valence-corrected chi connectivity index (χ3v) is 3.52. The van der Waals surface area contributed by atoms with Crippen molar-refractivity contribution in [1.82, 2.24) is 0 Å². The van der Waals surface area contributed by atoms with Crippen LogP contribution in [0.1, 0.15) is 31.9 Å². The molecule has 1 rings (SSSR count). The third-order valence-electron chi connectivity index (χ3n) is 2.44. The van der Waals surface area contributed by atoms with Crippen molar-refractivity contribution in [1.29, 1.82) is 0 Å². The van der Waals surface area contributed by atoms with Gasteiger partial charge in [0, 0.05) is 10.0 Å². The van der Waals surface area contributed by atoms with Gasteiger partial charge in [-0.3, -0.25) is 0 Å². The Morgan fingerprint density at radius 1 is 1.11 bits per heavy atom. The highest BCUT2D eigenvalue weighted by atomic mass is 79.9. The summed E-state index contributed by atoms with van der Waals surface area (Å²) in [5.41, 5.74) is -1.06. The predicted molar refractivity (Wildman–Crippen MR) is 76.0 cm³/mol. The van der Waals surface area contributed by atoms with Gasteiger partial charge in [-0.15, -0.1) is 0 Å². The molecule has 1 nitrogen and oxygen atoms in total. The Labute approximate surface area is 122 Å². The molecule has 0 heterocycles. The highest BCUT2D eigenvalue weighted by Gasteiger charge is 2.38. The molecule has 107 valence electrons. The zero-order valence-corrected chi connectivity index (χ0v) is 14.2. The van der Waals surface area contributed by atoms with Gasteiger partial charge in [0.05, 0.1) is 5.56 Å². The molecule has 19 heavy (non-hydrogen) atoms. The van der Waals surface area contributed by atoms with Crippen LogP contribution in [0.4, 0.5) is 13.2 Å². The smallest absolute Gasteiger partial charge is 0.416 e. The molecule has 0 aromatic heterocycles. The number of rotatable bonds is 2. The van der Waals surface area contributed by atoms with E-state index >= 15 is 0 Å². The Balaban J connectivity index is 3.59.